The number of hydrogen-bond donors (Lipinski definition) is 3. The number of nitrogens with one attached hydrogen (secondary N) is 3. The number of rotatable bonds is 10. The van der Waals surface area contributed by atoms with Crippen molar-refractivity contribution in [3.05, 3.63) is 41.4 Å². The Kier molecular flexibility index (Phi) is 7.83. The predicted molar refractivity (Wildman–Crippen MR) is 139 cm³/mol. The third-order valence-corrected chi connectivity index (χ3v) is 7.64. The average molecular weight is 552 g/mol. The largest absolute Gasteiger partial charge is 0.453 e. The minimum Gasteiger partial charge on any atom is -0.453 e. The number of anilines is 2. The molecule has 1 aliphatic carbocycles. The number of aromatic nitrogens is 4. The van der Waals surface area contributed by atoms with E-state index in [1.165, 1.54) is 19.2 Å². The zero-order valence-corrected chi connectivity index (χ0v) is 22.0. The second kappa shape index (κ2) is 10.9. The summed E-state index contributed by atoms with van der Waals surface area (Å²) in [6, 6.07) is 4.25. The Balaban J connectivity index is 1.69. The van der Waals surface area contributed by atoms with E-state index in [1.54, 1.807) is 23.1 Å². The van der Waals surface area contributed by atoms with Crippen LogP contribution in [0, 0.1) is 5.82 Å². The Morgan fingerprint density at radius 1 is 1.27 bits per heavy atom. The number of methoxy groups -OCH3 is 1. The van der Waals surface area contributed by atoms with E-state index in [4.69, 9.17) is 11.6 Å². The fourth-order valence-electron chi connectivity index (χ4n) is 3.50. The van der Waals surface area contributed by atoms with Crippen LogP contribution in [0.1, 0.15) is 32.7 Å². The lowest BCUT2D eigenvalue weighted by molar-refractivity contribution is 0.171. The Labute approximate surface area is 218 Å². The van der Waals surface area contributed by atoms with Crippen molar-refractivity contribution in [2.75, 3.05) is 30.2 Å². The van der Waals surface area contributed by atoms with Crippen LogP contribution in [0.15, 0.2) is 30.6 Å². The number of ether oxygens (including phenoxy) is 1. The second-order valence-electron chi connectivity index (χ2n) is 8.74. The standard InChI is InChI=1S/C23H27ClFN7O4S/c1-13(2)32-12-17(18-6-7-26-22(29-18)27-8-9-28-23(33)36-3)21(30-32)16-10-14(24)11-19(20(16)25)31-37(34,35)15-4-5-15/h6-7,10-13,15,31H,4-5,8-9H2,1-3H3,(H,28,33)(H,26,27,29). The number of hydrogen-bond acceptors (Lipinski definition) is 8. The quantitative estimate of drug-likeness (QED) is 0.320. The highest BCUT2D eigenvalue weighted by Crippen LogP contribution is 2.38. The molecule has 4 rings (SSSR count). The molecule has 0 aliphatic heterocycles. The normalized spacial score (nSPS) is 13.5. The number of benzene rings is 1. The van der Waals surface area contributed by atoms with Crippen LogP contribution < -0.4 is 15.4 Å². The van der Waals surface area contributed by atoms with Gasteiger partial charge in [0.2, 0.25) is 16.0 Å². The lowest BCUT2D eigenvalue weighted by Gasteiger charge is -2.12. The fraction of sp³-hybridized carbons (Fsp3) is 0.391. The van der Waals surface area contributed by atoms with Crippen LogP contribution in [0.2, 0.25) is 5.02 Å². The fourth-order valence-corrected chi connectivity index (χ4v) is 5.09. The molecule has 3 aromatic rings. The lowest BCUT2D eigenvalue weighted by Crippen LogP contribution is -2.28. The highest BCUT2D eigenvalue weighted by atomic mass is 35.5. The summed E-state index contributed by atoms with van der Waals surface area (Å²) in [7, 11) is -2.43. The molecule has 1 aliphatic rings. The summed E-state index contributed by atoms with van der Waals surface area (Å²) in [5, 5.41) is 9.75. The smallest absolute Gasteiger partial charge is 0.406 e. The molecule has 0 unspecified atom stereocenters. The summed E-state index contributed by atoms with van der Waals surface area (Å²) in [6.45, 7) is 4.46. The number of amides is 1. The molecule has 198 valence electrons. The molecule has 2 heterocycles. The molecule has 0 radical (unpaired) electrons. The first kappa shape index (κ1) is 26.6. The van der Waals surface area contributed by atoms with E-state index in [1.807, 2.05) is 13.8 Å². The molecular weight excluding hydrogens is 525 g/mol. The molecule has 11 nitrogen and oxygen atoms in total. The van der Waals surface area contributed by atoms with Gasteiger partial charge in [0.05, 0.1) is 23.7 Å². The van der Waals surface area contributed by atoms with Gasteiger partial charge in [0.1, 0.15) is 5.69 Å². The van der Waals surface area contributed by atoms with E-state index in [9.17, 15) is 13.2 Å². The van der Waals surface area contributed by atoms with Gasteiger partial charge in [-0.25, -0.2) is 27.6 Å². The molecule has 14 heteroatoms. The van der Waals surface area contributed by atoms with E-state index < -0.39 is 27.2 Å². The topological polar surface area (TPSA) is 140 Å². The van der Waals surface area contributed by atoms with Gasteiger partial charge in [-0.2, -0.15) is 5.10 Å². The van der Waals surface area contributed by atoms with Crippen molar-refractivity contribution in [2.45, 2.75) is 38.0 Å². The average Bonchev–Trinajstić information content (AvgIpc) is 3.63. The van der Waals surface area contributed by atoms with Crippen LogP contribution in [0.5, 0.6) is 0 Å². The molecule has 2 aromatic heterocycles. The zero-order valence-electron chi connectivity index (χ0n) is 20.5. The van der Waals surface area contributed by atoms with Crippen molar-refractivity contribution in [3.63, 3.8) is 0 Å². The third-order valence-electron chi connectivity index (χ3n) is 5.56. The van der Waals surface area contributed by atoms with Crippen molar-refractivity contribution in [1.29, 1.82) is 0 Å². The van der Waals surface area contributed by atoms with Gasteiger partial charge in [-0.15, -0.1) is 0 Å². The van der Waals surface area contributed by atoms with Crippen molar-refractivity contribution >= 4 is 39.4 Å². The molecule has 0 atom stereocenters. The van der Waals surface area contributed by atoms with Crippen LogP contribution in [-0.2, 0) is 14.8 Å². The van der Waals surface area contributed by atoms with E-state index in [0.29, 0.717) is 30.6 Å². The Hall–Kier alpha value is -3.45. The number of sulfonamides is 1. The van der Waals surface area contributed by atoms with Crippen LogP contribution in [-0.4, -0.2) is 59.7 Å². The minimum absolute atomic E-state index is 0.0331. The summed E-state index contributed by atoms with van der Waals surface area (Å²) in [5.41, 5.74) is 1.01. The van der Waals surface area contributed by atoms with Gasteiger partial charge in [-0.05, 0) is 44.9 Å². The summed E-state index contributed by atoms with van der Waals surface area (Å²) >= 11 is 6.28. The molecule has 0 spiro atoms. The molecule has 37 heavy (non-hydrogen) atoms. The summed E-state index contributed by atoms with van der Waals surface area (Å²) in [5.74, 6) is -0.498. The molecular formula is C23H27ClFN7O4S. The maximum atomic E-state index is 15.7. The van der Waals surface area contributed by atoms with Crippen molar-refractivity contribution in [3.8, 4) is 22.5 Å². The summed E-state index contributed by atoms with van der Waals surface area (Å²) in [4.78, 5) is 19.9. The number of alkyl carbamates (subject to hydrolysis) is 1. The van der Waals surface area contributed by atoms with E-state index in [0.717, 1.165) is 0 Å². The Morgan fingerprint density at radius 3 is 2.70 bits per heavy atom. The van der Waals surface area contributed by atoms with Crippen molar-refractivity contribution in [2.24, 2.45) is 0 Å². The first-order valence-corrected chi connectivity index (χ1v) is 13.5. The van der Waals surface area contributed by atoms with Gasteiger partial charge in [0.15, 0.2) is 5.82 Å². The molecule has 1 saturated carbocycles. The van der Waals surface area contributed by atoms with Gasteiger partial charge in [-0.3, -0.25) is 9.40 Å². The molecule has 1 aromatic carbocycles. The van der Waals surface area contributed by atoms with Gasteiger partial charge in [0.25, 0.3) is 0 Å². The Morgan fingerprint density at radius 2 is 2.03 bits per heavy atom. The Bertz CT molecular complexity index is 1410. The second-order valence-corrected chi connectivity index (χ2v) is 11.1. The van der Waals surface area contributed by atoms with Gasteiger partial charge >= 0.3 is 6.09 Å². The van der Waals surface area contributed by atoms with Crippen molar-refractivity contribution < 1.29 is 22.3 Å². The maximum Gasteiger partial charge on any atom is 0.406 e. The predicted octanol–water partition coefficient (Wildman–Crippen LogP) is 4.05. The van der Waals surface area contributed by atoms with E-state index in [2.05, 4.69) is 35.2 Å². The SMILES string of the molecule is COC(=O)NCCNc1nccc(-c2cn(C(C)C)nc2-c2cc(Cl)cc(NS(=O)(=O)C3CC3)c2F)n1. The molecule has 0 bridgehead atoms. The molecule has 1 fully saturated rings. The molecule has 3 N–H and O–H groups in total. The monoisotopic (exact) mass is 551 g/mol. The number of carbonyl (C=O) groups is 1. The van der Waals surface area contributed by atoms with E-state index >= 15 is 4.39 Å². The minimum atomic E-state index is -3.71. The zero-order chi connectivity index (χ0) is 26.7. The van der Waals surface area contributed by atoms with Gasteiger partial charge in [-0.1, -0.05) is 11.6 Å². The molecule has 0 saturated heterocycles. The van der Waals surface area contributed by atoms with Crippen LogP contribution in [0.25, 0.3) is 22.5 Å². The highest BCUT2D eigenvalue weighted by Gasteiger charge is 2.36. The summed E-state index contributed by atoms with van der Waals surface area (Å²) < 4.78 is 49.2. The summed E-state index contributed by atoms with van der Waals surface area (Å²) in [6.07, 6.45) is 3.80. The van der Waals surface area contributed by atoms with Crippen LogP contribution in [0.3, 0.4) is 0 Å². The first-order chi connectivity index (χ1) is 17.6. The van der Waals surface area contributed by atoms with Crippen molar-refractivity contribution in [1.82, 2.24) is 25.1 Å². The third kappa shape index (κ3) is 6.28. The molecule has 1 amide bonds. The maximum absolute atomic E-state index is 15.7. The van der Waals surface area contributed by atoms with Crippen LogP contribution >= 0.6 is 11.6 Å². The highest BCUT2D eigenvalue weighted by molar-refractivity contribution is 7.93. The first-order valence-electron chi connectivity index (χ1n) is 11.6. The van der Waals surface area contributed by atoms with Gasteiger partial charge < -0.3 is 15.4 Å². The van der Waals surface area contributed by atoms with Gasteiger partial charge in [0, 0.05) is 47.7 Å². The number of carbonyl (C=O) groups excluding carboxylic acids is 1. The lowest BCUT2D eigenvalue weighted by atomic mass is 10.0. The van der Waals surface area contributed by atoms with Crippen LogP contribution in [0.4, 0.5) is 20.8 Å². The number of halogens is 2. The number of nitrogens with zero attached hydrogens (tertiary/aromatic N) is 4. The van der Waals surface area contributed by atoms with E-state index in [-0.39, 0.29) is 40.5 Å².